The summed E-state index contributed by atoms with van der Waals surface area (Å²) in [4.78, 5) is 2.51. The van der Waals surface area contributed by atoms with E-state index in [-0.39, 0.29) is 12.1 Å². The average Bonchev–Trinajstić information content (AvgIpc) is 3.14. The third-order valence-corrected chi connectivity index (χ3v) is 10.6. The maximum absolute atomic E-state index is 6.69. The summed E-state index contributed by atoms with van der Waals surface area (Å²) >= 11 is 0. The highest BCUT2D eigenvalue weighted by Crippen LogP contribution is 2.51. The molecule has 0 N–H and O–H groups in total. The van der Waals surface area contributed by atoms with E-state index in [0.29, 0.717) is 0 Å². The Kier molecular flexibility index (Phi) is 5.86. The fraction of sp³-hybridized carbons (Fsp3) is 0.0870. The van der Waals surface area contributed by atoms with Crippen LogP contribution in [0.3, 0.4) is 0 Å². The molecule has 7 aromatic rings. The number of rotatable bonds is 3. The van der Waals surface area contributed by atoms with E-state index in [2.05, 4.69) is 164 Å². The SMILES string of the molecule is C=C1C=C(CC)N2c3cc(-c4c5ccccc5c(-c5cc6ccccc6c6ccccc56)c5ccccc45)ccc3OC3C=CC=C1C32. The Hall–Kier alpha value is -5.86. The molecule has 0 radical (unpaired) electrons. The highest BCUT2D eigenvalue weighted by molar-refractivity contribution is 6.25. The molecule has 0 saturated carbocycles. The van der Waals surface area contributed by atoms with Crippen molar-refractivity contribution in [3.63, 3.8) is 0 Å². The number of fused-ring (bicyclic) bond motifs is 7. The second kappa shape index (κ2) is 10.3. The van der Waals surface area contributed by atoms with Gasteiger partial charge < -0.3 is 9.64 Å². The summed E-state index contributed by atoms with van der Waals surface area (Å²) < 4.78 is 6.69. The van der Waals surface area contributed by atoms with Crippen molar-refractivity contribution >= 4 is 48.8 Å². The Morgan fingerprint density at radius 3 is 2.00 bits per heavy atom. The predicted octanol–water partition coefficient (Wildman–Crippen LogP) is 11.9. The van der Waals surface area contributed by atoms with Gasteiger partial charge in [0, 0.05) is 5.70 Å². The molecule has 0 bridgehead atoms. The smallest absolute Gasteiger partial charge is 0.144 e. The second-order valence-electron chi connectivity index (χ2n) is 13.1. The molecule has 0 saturated heterocycles. The average molecular weight is 616 g/mol. The fourth-order valence-corrected chi connectivity index (χ4v) is 8.54. The molecule has 0 spiro atoms. The third kappa shape index (κ3) is 3.80. The topological polar surface area (TPSA) is 12.5 Å². The van der Waals surface area contributed by atoms with Crippen molar-refractivity contribution in [2.75, 3.05) is 4.90 Å². The third-order valence-electron chi connectivity index (χ3n) is 10.6. The van der Waals surface area contributed by atoms with E-state index in [1.165, 1.54) is 76.6 Å². The van der Waals surface area contributed by atoms with Crippen molar-refractivity contribution in [1.82, 2.24) is 0 Å². The molecule has 48 heavy (non-hydrogen) atoms. The molecule has 7 aromatic carbocycles. The molecule has 228 valence electrons. The van der Waals surface area contributed by atoms with Crippen LogP contribution in [0.2, 0.25) is 0 Å². The summed E-state index contributed by atoms with van der Waals surface area (Å²) in [5.74, 6) is 0.922. The number of benzene rings is 7. The molecule has 2 heteroatoms. The first-order chi connectivity index (χ1) is 23.7. The molecule has 1 aliphatic carbocycles. The van der Waals surface area contributed by atoms with Crippen LogP contribution in [-0.4, -0.2) is 12.1 Å². The molecule has 0 amide bonds. The van der Waals surface area contributed by atoms with Crippen molar-refractivity contribution < 1.29 is 4.74 Å². The van der Waals surface area contributed by atoms with Gasteiger partial charge in [-0.05, 0) is 113 Å². The predicted molar refractivity (Wildman–Crippen MR) is 203 cm³/mol. The Morgan fingerprint density at radius 2 is 1.29 bits per heavy atom. The van der Waals surface area contributed by atoms with Gasteiger partial charge in [-0.3, -0.25) is 0 Å². The minimum absolute atomic E-state index is 0.0481. The van der Waals surface area contributed by atoms with Crippen LogP contribution in [0.5, 0.6) is 5.75 Å². The molecule has 0 aromatic heterocycles. The Balaban J connectivity index is 1.26. The molecule has 0 fully saturated rings. The maximum atomic E-state index is 6.69. The van der Waals surface area contributed by atoms with Gasteiger partial charge in [-0.1, -0.05) is 129 Å². The summed E-state index contributed by atoms with van der Waals surface area (Å²) in [5, 5.41) is 10.1. The van der Waals surface area contributed by atoms with Gasteiger partial charge in [-0.25, -0.2) is 0 Å². The first kappa shape index (κ1) is 27.3. The van der Waals surface area contributed by atoms with Gasteiger partial charge in [-0.15, -0.1) is 0 Å². The Bertz CT molecular complexity index is 2560. The molecule has 10 rings (SSSR count). The van der Waals surface area contributed by atoms with Gasteiger partial charge in [0.15, 0.2) is 0 Å². The van der Waals surface area contributed by atoms with Gasteiger partial charge in [0.25, 0.3) is 0 Å². The zero-order valence-electron chi connectivity index (χ0n) is 26.8. The molecular formula is C46H33NO. The van der Waals surface area contributed by atoms with Gasteiger partial charge in [-0.2, -0.15) is 0 Å². The maximum Gasteiger partial charge on any atom is 0.144 e. The van der Waals surface area contributed by atoms with Crippen LogP contribution in [0.4, 0.5) is 5.69 Å². The molecule has 2 atom stereocenters. The lowest BCUT2D eigenvalue weighted by Crippen LogP contribution is -2.52. The molecule has 2 heterocycles. The largest absolute Gasteiger partial charge is 0.482 e. The number of nitrogens with zero attached hydrogens (tertiary/aromatic N) is 1. The zero-order chi connectivity index (χ0) is 31.9. The lowest BCUT2D eigenvalue weighted by atomic mass is 9.82. The minimum atomic E-state index is -0.0481. The molecule has 2 unspecified atom stereocenters. The quantitative estimate of drug-likeness (QED) is 0.145. The van der Waals surface area contributed by atoms with Crippen LogP contribution < -0.4 is 9.64 Å². The lowest BCUT2D eigenvalue weighted by molar-refractivity contribution is 0.210. The van der Waals surface area contributed by atoms with Crippen molar-refractivity contribution in [1.29, 1.82) is 0 Å². The Morgan fingerprint density at radius 1 is 0.667 bits per heavy atom. The van der Waals surface area contributed by atoms with E-state index >= 15 is 0 Å². The van der Waals surface area contributed by atoms with Crippen molar-refractivity contribution in [3.05, 3.63) is 169 Å². The Labute approximate surface area is 280 Å². The summed E-state index contributed by atoms with van der Waals surface area (Å²) in [7, 11) is 0. The summed E-state index contributed by atoms with van der Waals surface area (Å²) in [6.07, 6.45) is 9.63. The number of hydrogen-bond donors (Lipinski definition) is 0. The number of anilines is 1. The monoisotopic (exact) mass is 615 g/mol. The van der Waals surface area contributed by atoms with E-state index < -0.39 is 0 Å². The number of ether oxygens (including phenoxy) is 1. The summed E-state index contributed by atoms with van der Waals surface area (Å²) in [6.45, 7) is 6.65. The molecular weight excluding hydrogens is 583 g/mol. The van der Waals surface area contributed by atoms with Gasteiger partial charge >= 0.3 is 0 Å². The van der Waals surface area contributed by atoms with Crippen molar-refractivity contribution in [2.24, 2.45) is 0 Å². The fourth-order valence-electron chi connectivity index (χ4n) is 8.54. The zero-order valence-corrected chi connectivity index (χ0v) is 26.8. The van der Waals surface area contributed by atoms with E-state index in [9.17, 15) is 0 Å². The minimum Gasteiger partial charge on any atom is -0.482 e. The van der Waals surface area contributed by atoms with E-state index in [0.717, 1.165) is 23.4 Å². The molecule has 2 aliphatic heterocycles. The summed E-state index contributed by atoms with van der Waals surface area (Å²) in [5.41, 5.74) is 9.70. The first-order valence-electron chi connectivity index (χ1n) is 16.9. The van der Waals surface area contributed by atoms with Gasteiger partial charge in [0.05, 0.1) is 5.69 Å². The van der Waals surface area contributed by atoms with Crippen LogP contribution in [0.25, 0.3) is 65.3 Å². The molecule has 2 nitrogen and oxygen atoms in total. The van der Waals surface area contributed by atoms with Crippen LogP contribution in [0.15, 0.2) is 169 Å². The van der Waals surface area contributed by atoms with Gasteiger partial charge in [0.1, 0.15) is 17.9 Å². The number of allylic oxidation sites excluding steroid dienone is 4. The first-order valence-corrected chi connectivity index (χ1v) is 16.9. The van der Waals surface area contributed by atoms with Crippen molar-refractivity contribution in [2.45, 2.75) is 25.5 Å². The van der Waals surface area contributed by atoms with Crippen LogP contribution in [-0.2, 0) is 0 Å². The summed E-state index contributed by atoms with van der Waals surface area (Å²) in [6, 6.07) is 44.8. The second-order valence-corrected chi connectivity index (χ2v) is 13.1. The van der Waals surface area contributed by atoms with E-state index in [1.807, 2.05) is 0 Å². The lowest BCUT2D eigenvalue weighted by Gasteiger charge is -2.48. The van der Waals surface area contributed by atoms with E-state index in [1.54, 1.807) is 0 Å². The highest BCUT2D eigenvalue weighted by atomic mass is 16.5. The van der Waals surface area contributed by atoms with Gasteiger partial charge in [0.2, 0.25) is 0 Å². The number of hydrogen-bond acceptors (Lipinski definition) is 2. The molecule has 3 aliphatic rings. The highest BCUT2D eigenvalue weighted by Gasteiger charge is 2.42. The van der Waals surface area contributed by atoms with Crippen LogP contribution >= 0.6 is 0 Å². The van der Waals surface area contributed by atoms with Crippen molar-refractivity contribution in [3.8, 4) is 28.0 Å². The van der Waals surface area contributed by atoms with E-state index in [4.69, 9.17) is 4.74 Å². The standard InChI is InChI=1S/C46H33NO/c1-3-31-25-28(2)32-21-12-22-43-46(32)47(31)41-27-30(23-24-42(41)48-43)44-36-17-8-10-19-38(36)45(39-20-11-9-18-37(39)44)40-26-29-13-4-5-14-33(29)34-15-6-7-16-35(34)40/h4-27,43,46H,2-3H2,1H3. The normalized spacial score (nSPS) is 18.1. The van der Waals surface area contributed by atoms with Crippen LogP contribution in [0, 0.1) is 0 Å². The van der Waals surface area contributed by atoms with Crippen LogP contribution in [0.1, 0.15) is 13.3 Å².